The number of hydrogen-bond acceptors (Lipinski definition) is 2. The molecule has 0 radical (unpaired) electrons. The standard InChI is InChI=1S/C13H19NO/c1-9(2)11-6-7-13(15-3)14-12(11)8-10-4-5-10/h6-7,9-10H,4-5,8H2,1-3H3. The summed E-state index contributed by atoms with van der Waals surface area (Å²) < 4.78 is 5.18. The van der Waals surface area contributed by atoms with Crippen LogP contribution in [0.2, 0.25) is 0 Å². The van der Waals surface area contributed by atoms with Crippen molar-refractivity contribution in [2.45, 2.75) is 39.0 Å². The van der Waals surface area contributed by atoms with E-state index in [1.165, 1.54) is 24.1 Å². The Labute approximate surface area is 91.7 Å². The molecule has 0 atom stereocenters. The molecule has 0 spiro atoms. The van der Waals surface area contributed by atoms with E-state index >= 15 is 0 Å². The van der Waals surface area contributed by atoms with Gasteiger partial charge in [-0.3, -0.25) is 0 Å². The molecule has 0 N–H and O–H groups in total. The summed E-state index contributed by atoms with van der Waals surface area (Å²) in [6.07, 6.45) is 3.87. The van der Waals surface area contributed by atoms with E-state index in [-0.39, 0.29) is 0 Å². The molecule has 1 saturated carbocycles. The number of nitrogens with zero attached hydrogens (tertiary/aromatic N) is 1. The van der Waals surface area contributed by atoms with E-state index < -0.39 is 0 Å². The molecule has 1 fully saturated rings. The maximum Gasteiger partial charge on any atom is 0.213 e. The molecule has 0 aliphatic heterocycles. The lowest BCUT2D eigenvalue weighted by Gasteiger charge is -2.12. The van der Waals surface area contributed by atoms with Gasteiger partial charge in [0.2, 0.25) is 5.88 Å². The normalized spacial score (nSPS) is 15.7. The van der Waals surface area contributed by atoms with E-state index in [4.69, 9.17) is 4.74 Å². The molecular weight excluding hydrogens is 186 g/mol. The van der Waals surface area contributed by atoms with Gasteiger partial charge in [-0.15, -0.1) is 0 Å². The van der Waals surface area contributed by atoms with Crippen molar-refractivity contribution >= 4 is 0 Å². The monoisotopic (exact) mass is 205 g/mol. The number of methoxy groups -OCH3 is 1. The highest BCUT2D eigenvalue weighted by Crippen LogP contribution is 2.34. The largest absolute Gasteiger partial charge is 0.481 e. The van der Waals surface area contributed by atoms with Crippen LogP contribution in [0.5, 0.6) is 5.88 Å². The molecule has 2 rings (SSSR count). The van der Waals surface area contributed by atoms with Crippen LogP contribution in [0, 0.1) is 5.92 Å². The highest BCUT2D eigenvalue weighted by atomic mass is 16.5. The predicted octanol–water partition coefficient (Wildman–Crippen LogP) is 3.17. The first kappa shape index (κ1) is 10.5. The third-order valence-corrected chi connectivity index (χ3v) is 2.99. The van der Waals surface area contributed by atoms with Crippen LogP contribution in [0.1, 0.15) is 43.9 Å². The second-order valence-electron chi connectivity index (χ2n) is 4.69. The second-order valence-corrected chi connectivity index (χ2v) is 4.69. The van der Waals surface area contributed by atoms with Gasteiger partial charge in [0.05, 0.1) is 7.11 Å². The molecule has 1 aliphatic rings. The Kier molecular flexibility index (Phi) is 2.94. The van der Waals surface area contributed by atoms with Crippen molar-refractivity contribution in [1.29, 1.82) is 0 Å². The average molecular weight is 205 g/mol. The van der Waals surface area contributed by atoms with Gasteiger partial charge in [0.1, 0.15) is 0 Å². The lowest BCUT2D eigenvalue weighted by Crippen LogP contribution is -2.02. The van der Waals surface area contributed by atoms with E-state index in [9.17, 15) is 0 Å². The van der Waals surface area contributed by atoms with Gasteiger partial charge in [-0.05, 0) is 36.7 Å². The first-order chi connectivity index (χ1) is 7.20. The van der Waals surface area contributed by atoms with Crippen LogP contribution in [0.25, 0.3) is 0 Å². The van der Waals surface area contributed by atoms with Gasteiger partial charge in [0.15, 0.2) is 0 Å². The van der Waals surface area contributed by atoms with Crippen LogP contribution >= 0.6 is 0 Å². The van der Waals surface area contributed by atoms with Gasteiger partial charge in [-0.25, -0.2) is 4.98 Å². The molecule has 0 amide bonds. The number of pyridine rings is 1. The van der Waals surface area contributed by atoms with Gasteiger partial charge in [-0.1, -0.05) is 19.9 Å². The van der Waals surface area contributed by atoms with Crippen LogP contribution in [0.4, 0.5) is 0 Å². The van der Waals surface area contributed by atoms with Crippen LogP contribution in [-0.4, -0.2) is 12.1 Å². The van der Waals surface area contributed by atoms with E-state index in [0.717, 1.165) is 18.2 Å². The van der Waals surface area contributed by atoms with Crippen molar-refractivity contribution < 1.29 is 4.74 Å². The summed E-state index contributed by atoms with van der Waals surface area (Å²) in [7, 11) is 1.68. The molecule has 2 heteroatoms. The topological polar surface area (TPSA) is 22.1 Å². The van der Waals surface area contributed by atoms with Gasteiger partial charge in [-0.2, -0.15) is 0 Å². The molecular formula is C13H19NO. The average Bonchev–Trinajstić information content (AvgIpc) is 3.01. The van der Waals surface area contributed by atoms with Gasteiger partial charge in [0.25, 0.3) is 0 Å². The van der Waals surface area contributed by atoms with Gasteiger partial charge < -0.3 is 4.74 Å². The number of ether oxygens (including phenoxy) is 1. The maximum absolute atomic E-state index is 5.18. The summed E-state index contributed by atoms with van der Waals surface area (Å²) in [6.45, 7) is 4.44. The minimum Gasteiger partial charge on any atom is -0.481 e. The SMILES string of the molecule is COc1ccc(C(C)C)c(CC2CC2)n1. The predicted molar refractivity (Wildman–Crippen MR) is 61.3 cm³/mol. The summed E-state index contributed by atoms with van der Waals surface area (Å²) in [5.74, 6) is 2.18. The lowest BCUT2D eigenvalue weighted by molar-refractivity contribution is 0.395. The molecule has 2 nitrogen and oxygen atoms in total. The smallest absolute Gasteiger partial charge is 0.213 e. The Balaban J connectivity index is 2.26. The minimum absolute atomic E-state index is 0.553. The number of rotatable bonds is 4. The fourth-order valence-electron chi connectivity index (χ4n) is 1.89. The fourth-order valence-corrected chi connectivity index (χ4v) is 1.89. The number of aromatic nitrogens is 1. The maximum atomic E-state index is 5.18. The minimum atomic E-state index is 0.553. The molecule has 82 valence electrons. The molecule has 15 heavy (non-hydrogen) atoms. The lowest BCUT2D eigenvalue weighted by atomic mass is 9.98. The van der Waals surface area contributed by atoms with Crippen molar-refractivity contribution in [3.63, 3.8) is 0 Å². The van der Waals surface area contributed by atoms with Crippen molar-refractivity contribution in [3.05, 3.63) is 23.4 Å². The summed E-state index contributed by atoms with van der Waals surface area (Å²) >= 11 is 0. The third kappa shape index (κ3) is 2.49. The number of hydrogen-bond donors (Lipinski definition) is 0. The Hall–Kier alpha value is -1.05. The second kappa shape index (κ2) is 4.21. The molecule has 1 aliphatic carbocycles. The third-order valence-electron chi connectivity index (χ3n) is 2.99. The molecule has 0 bridgehead atoms. The van der Waals surface area contributed by atoms with Gasteiger partial charge >= 0.3 is 0 Å². The molecule has 0 unspecified atom stereocenters. The zero-order valence-corrected chi connectivity index (χ0v) is 9.79. The Bertz CT molecular complexity index is 342. The Morgan fingerprint density at radius 3 is 2.67 bits per heavy atom. The van der Waals surface area contributed by atoms with Crippen molar-refractivity contribution in [1.82, 2.24) is 4.98 Å². The van der Waals surface area contributed by atoms with Crippen LogP contribution < -0.4 is 4.74 Å². The summed E-state index contributed by atoms with van der Waals surface area (Å²) in [4.78, 5) is 4.57. The van der Waals surface area contributed by atoms with Crippen molar-refractivity contribution in [2.24, 2.45) is 5.92 Å². The summed E-state index contributed by atoms with van der Waals surface area (Å²) in [5, 5.41) is 0. The zero-order valence-electron chi connectivity index (χ0n) is 9.79. The van der Waals surface area contributed by atoms with Crippen molar-refractivity contribution in [3.8, 4) is 5.88 Å². The Morgan fingerprint density at radius 1 is 1.40 bits per heavy atom. The van der Waals surface area contributed by atoms with Crippen LogP contribution in [0.3, 0.4) is 0 Å². The highest BCUT2D eigenvalue weighted by Gasteiger charge is 2.24. The van der Waals surface area contributed by atoms with E-state index in [2.05, 4.69) is 24.9 Å². The summed E-state index contributed by atoms with van der Waals surface area (Å²) in [6, 6.07) is 4.12. The van der Waals surface area contributed by atoms with E-state index in [1.54, 1.807) is 7.11 Å². The molecule has 0 saturated heterocycles. The first-order valence-corrected chi connectivity index (χ1v) is 5.74. The van der Waals surface area contributed by atoms with E-state index in [0.29, 0.717) is 5.92 Å². The highest BCUT2D eigenvalue weighted by molar-refractivity contribution is 5.29. The van der Waals surface area contributed by atoms with Crippen LogP contribution in [-0.2, 0) is 6.42 Å². The first-order valence-electron chi connectivity index (χ1n) is 5.74. The van der Waals surface area contributed by atoms with Gasteiger partial charge in [0, 0.05) is 11.8 Å². The molecule has 1 aromatic heterocycles. The quantitative estimate of drug-likeness (QED) is 0.753. The summed E-state index contributed by atoms with van der Waals surface area (Å²) in [5.41, 5.74) is 2.62. The Morgan fingerprint density at radius 2 is 2.13 bits per heavy atom. The fraction of sp³-hybridized carbons (Fsp3) is 0.615. The van der Waals surface area contributed by atoms with E-state index in [1.807, 2.05) is 6.07 Å². The molecule has 1 aromatic rings. The zero-order chi connectivity index (χ0) is 10.8. The van der Waals surface area contributed by atoms with Crippen molar-refractivity contribution in [2.75, 3.05) is 7.11 Å². The molecule has 0 aromatic carbocycles. The van der Waals surface area contributed by atoms with Crippen LogP contribution in [0.15, 0.2) is 12.1 Å². The molecule has 1 heterocycles.